The summed E-state index contributed by atoms with van der Waals surface area (Å²) >= 11 is 6.45. The van der Waals surface area contributed by atoms with E-state index in [1.807, 2.05) is 60.6 Å². The molecule has 29 heavy (non-hydrogen) atoms. The Hall–Kier alpha value is -1.24. The Morgan fingerprint density at radius 3 is 2.17 bits per heavy atom. The second-order valence-electron chi connectivity index (χ2n) is 10.1. The number of halogens is 1. The number of amides is 1. The van der Waals surface area contributed by atoms with Gasteiger partial charge in [0, 0.05) is 18.1 Å². The highest BCUT2D eigenvalue weighted by atomic mass is 35.5. The molecule has 0 saturated carbocycles. The van der Waals surface area contributed by atoms with Gasteiger partial charge in [0.05, 0.1) is 11.2 Å². The van der Waals surface area contributed by atoms with E-state index in [0.717, 1.165) is 18.3 Å². The van der Waals surface area contributed by atoms with Gasteiger partial charge in [0.2, 0.25) is 0 Å². The number of piperidine rings is 1. The zero-order valence-corrected chi connectivity index (χ0v) is 19.4. The molecule has 2 heterocycles. The van der Waals surface area contributed by atoms with Crippen molar-refractivity contribution in [2.75, 3.05) is 13.1 Å². The average molecular weight is 422 g/mol. The van der Waals surface area contributed by atoms with Crippen LogP contribution in [0.2, 0.25) is 5.02 Å². The molecular weight excluding hydrogens is 389 g/mol. The van der Waals surface area contributed by atoms with Crippen LogP contribution in [0, 0.1) is 0 Å². The topological polar surface area (TPSA) is 48.0 Å². The molecule has 7 heteroatoms. The molecule has 0 radical (unpaired) electrons. The van der Waals surface area contributed by atoms with Crippen molar-refractivity contribution in [3.63, 3.8) is 0 Å². The molecule has 0 unspecified atom stereocenters. The van der Waals surface area contributed by atoms with Crippen molar-refractivity contribution in [3.8, 4) is 0 Å². The first kappa shape index (κ1) is 22.5. The maximum atomic E-state index is 12.3. The minimum Gasteiger partial charge on any atom is -0.444 e. The van der Waals surface area contributed by atoms with Crippen LogP contribution in [-0.4, -0.2) is 48.0 Å². The lowest BCUT2D eigenvalue weighted by Crippen LogP contribution is -2.41. The summed E-state index contributed by atoms with van der Waals surface area (Å²) in [6.07, 6.45) is 1.52. The zero-order chi connectivity index (χ0) is 21.6. The number of ether oxygens (including phenoxy) is 1. The molecule has 2 aliphatic rings. The van der Waals surface area contributed by atoms with E-state index in [1.54, 1.807) is 4.90 Å². The zero-order valence-electron chi connectivity index (χ0n) is 18.7. The first-order chi connectivity index (χ1) is 13.3. The SMILES string of the molecule is CC(C)(C)OC(=O)N1CCC(c2cc(Cl)cc(B3OC(C)(C)C(C)(C)O3)c2)CC1. The summed E-state index contributed by atoms with van der Waals surface area (Å²) in [6.45, 7) is 15.2. The second kappa shape index (κ2) is 7.79. The predicted molar refractivity (Wildman–Crippen MR) is 117 cm³/mol. The van der Waals surface area contributed by atoms with Crippen molar-refractivity contribution in [3.05, 3.63) is 28.8 Å². The van der Waals surface area contributed by atoms with E-state index in [4.69, 9.17) is 25.6 Å². The van der Waals surface area contributed by atoms with E-state index in [1.165, 1.54) is 5.56 Å². The van der Waals surface area contributed by atoms with E-state index in [-0.39, 0.29) is 17.3 Å². The smallest absolute Gasteiger partial charge is 0.444 e. The number of benzene rings is 1. The molecule has 2 aliphatic heterocycles. The lowest BCUT2D eigenvalue weighted by molar-refractivity contribution is 0.00578. The molecule has 2 fully saturated rings. The maximum Gasteiger partial charge on any atom is 0.494 e. The molecule has 1 aromatic carbocycles. The van der Waals surface area contributed by atoms with Crippen LogP contribution in [0.5, 0.6) is 0 Å². The van der Waals surface area contributed by atoms with Gasteiger partial charge in [0.1, 0.15) is 5.60 Å². The highest BCUT2D eigenvalue weighted by Crippen LogP contribution is 2.37. The summed E-state index contributed by atoms with van der Waals surface area (Å²) in [5, 5.41) is 0.682. The van der Waals surface area contributed by atoms with Crippen molar-refractivity contribution in [1.29, 1.82) is 0 Å². The van der Waals surface area contributed by atoms with Gasteiger partial charge >= 0.3 is 13.2 Å². The number of rotatable bonds is 2. The third kappa shape index (κ3) is 5.09. The fraction of sp³-hybridized carbons (Fsp3) is 0.682. The van der Waals surface area contributed by atoms with Crippen LogP contribution in [0.1, 0.15) is 72.8 Å². The third-order valence-corrected chi connectivity index (χ3v) is 6.30. The fourth-order valence-corrected chi connectivity index (χ4v) is 3.96. The maximum absolute atomic E-state index is 12.3. The van der Waals surface area contributed by atoms with Crippen molar-refractivity contribution in [1.82, 2.24) is 4.90 Å². The lowest BCUT2D eigenvalue weighted by atomic mass is 9.76. The Balaban J connectivity index is 1.70. The van der Waals surface area contributed by atoms with Crippen molar-refractivity contribution >= 4 is 30.3 Å². The molecule has 3 rings (SSSR count). The fourth-order valence-electron chi connectivity index (χ4n) is 3.71. The minimum absolute atomic E-state index is 0.236. The van der Waals surface area contributed by atoms with Crippen LogP contribution in [0.4, 0.5) is 4.79 Å². The normalized spacial score (nSPS) is 22.1. The Morgan fingerprint density at radius 2 is 1.66 bits per heavy atom. The van der Waals surface area contributed by atoms with Gasteiger partial charge in [0.15, 0.2) is 0 Å². The Kier molecular flexibility index (Phi) is 6.03. The van der Waals surface area contributed by atoms with Gasteiger partial charge in [-0.15, -0.1) is 0 Å². The van der Waals surface area contributed by atoms with E-state index in [9.17, 15) is 4.79 Å². The largest absolute Gasteiger partial charge is 0.494 e. The van der Waals surface area contributed by atoms with Crippen LogP contribution in [0.25, 0.3) is 0 Å². The molecule has 0 atom stereocenters. The van der Waals surface area contributed by atoms with Crippen molar-refractivity contribution in [2.24, 2.45) is 0 Å². The molecule has 2 saturated heterocycles. The number of hydrogen-bond acceptors (Lipinski definition) is 4. The average Bonchev–Trinajstić information content (AvgIpc) is 2.81. The van der Waals surface area contributed by atoms with Crippen LogP contribution in [0.15, 0.2) is 18.2 Å². The van der Waals surface area contributed by atoms with Crippen LogP contribution in [-0.2, 0) is 14.0 Å². The molecule has 160 valence electrons. The van der Waals surface area contributed by atoms with E-state index in [0.29, 0.717) is 24.0 Å². The van der Waals surface area contributed by atoms with Gasteiger partial charge in [-0.3, -0.25) is 0 Å². The van der Waals surface area contributed by atoms with Gasteiger partial charge in [-0.1, -0.05) is 17.7 Å². The van der Waals surface area contributed by atoms with E-state index in [2.05, 4.69) is 6.07 Å². The summed E-state index contributed by atoms with van der Waals surface area (Å²) in [4.78, 5) is 14.1. The molecule has 1 aromatic rings. The summed E-state index contributed by atoms with van der Waals surface area (Å²) in [6, 6.07) is 6.08. The molecular formula is C22H33BClNO4. The van der Waals surface area contributed by atoms with Crippen molar-refractivity contribution < 1.29 is 18.8 Å². The van der Waals surface area contributed by atoms with Crippen LogP contribution in [0.3, 0.4) is 0 Å². The van der Waals surface area contributed by atoms with Gasteiger partial charge in [-0.25, -0.2) is 4.79 Å². The quantitative estimate of drug-likeness (QED) is 0.646. The minimum atomic E-state index is -0.474. The third-order valence-electron chi connectivity index (χ3n) is 6.09. The standard InChI is InChI=1S/C22H33BClNO4/c1-20(2,3)27-19(26)25-10-8-15(9-11-25)16-12-17(14-18(24)13-16)23-28-21(4,5)22(6,7)29-23/h12-15H,8-11H2,1-7H3. The first-order valence-corrected chi connectivity index (χ1v) is 10.8. The number of carbonyl (C=O) groups is 1. The summed E-state index contributed by atoms with van der Waals surface area (Å²) in [5.74, 6) is 0.341. The Morgan fingerprint density at radius 1 is 1.10 bits per heavy atom. The van der Waals surface area contributed by atoms with Crippen LogP contribution < -0.4 is 5.46 Å². The van der Waals surface area contributed by atoms with E-state index >= 15 is 0 Å². The molecule has 0 bridgehead atoms. The van der Waals surface area contributed by atoms with Gasteiger partial charge in [-0.2, -0.15) is 0 Å². The summed E-state index contributed by atoms with van der Waals surface area (Å²) in [7, 11) is -0.431. The molecule has 5 nitrogen and oxygen atoms in total. The number of likely N-dealkylation sites (tertiary alicyclic amines) is 1. The van der Waals surface area contributed by atoms with Crippen molar-refractivity contribution in [2.45, 2.75) is 84.0 Å². The Labute approximate surface area is 180 Å². The summed E-state index contributed by atoms with van der Waals surface area (Å²) in [5.41, 5.74) is 0.864. The molecule has 0 spiro atoms. The highest BCUT2D eigenvalue weighted by Gasteiger charge is 2.51. The highest BCUT2D eigenvalue weighted by molar-refractivity contribution is 6.62. The van der Waals surface area contributed by atoms with Gasteiger partial charge in [0.25, 0.3) is 0 Å². The second-order valence-corrected chi connectivity index (χ2v) is 10.6. The molecule has 0 aliphatic carbocycles. The van der Waals surface area contributed by atoms with Crippen LogP contribution >= 0.6 is 11.6 Å². The number of carbonyl (C=O) groups excluding carboxylic acids is 1. The molecule has 1 amide bonds. The molecule has 0 aromatic heterocycles. The lowest BCUT2D eigenvalue weighted by Gasteiger charge is -2.33. The monoisotopic (exact) mass is 421 g/mol. The molecule has 0 N–H and O–H groups in total. The number of hydrogen-bond donors (Lipinski definition) is 0. The number of nitrogens with zero attached hydrogens (tertiary/aromatic N) is 1. The summed E-state index contributed by atoms with van der Waals surface area (Å²) < 4.78 is 17.9. The first-order valence-electron chi connectivity index (χ1n) is 10.4. The van der Waals surface area contributed by atoms with Gasteiger partial charge < -0.3 is 18.9 Å². The van der Waals surface area contributed by atoms with E-state index < -0.39 is 12.7 Å². The van der Waals surface area contributed by atoms with Gasteiger partial charge in [-0.05, 0) is 90.4 Å². The Bertz CT molecular complexity index is 751. The predicted octanol–water partition coefficient (Wildman–Crippen LogP) is 4.75.